The number of rotatable bonds is 3. The van der Waals surface area contributed by atoms with Crippen LogP contribution in [-0.4, -0.2) is 50.7 Å². The Morgan fingerprint density at radius 2 is 1.85 bits per heavy atom. The Kier molecular flexibility index (Phi) is 4.33. The molecule has 1 saturated heterocycles. The predicted octanol–water partition coefficient (Wildman–Crippen LogP) is 0.901. The average Bonchev–Trinajstić information content (AvgIpc) is 2.95. The molecule has 0 amide bonds. The second-order valence-corrected chi connectivity index (χ2v) is 7.68. The number of aromatic nitrogens is 4. The fourth-order valence-electron chi connectivity index (χ4n) is 3.22. The first-order valence-electron chi connectivity index (χ1n) is 8.55. The molecule has 26 heavy (non-hydrogen) atoms. The van der Waals surface area contributed by atoms with Crippen LogP contribution in [0.4, 0.5) is 5.95 Å². The fourth-order valence-corrected chi connectivity index (χ4v) is 4.26. The van der Waals surface area contributed by atoms with Crippen LogP contribution in [-0.2, 0) is 6.54 Å². The standard InChI is InChI=1S/C17H21N7OS/c1-11-12(2)26-15-14(11)16(25)24(18)13(21-15)10-22-6-8-23(9-7-22)17-19-4-3-5-20-17/h3-5H,6-10,18H2,1-2H3. The average molecular weight is 371 g/mol. The molecule has 0 bridgehead atoms. The predicted molar refractivity (Wildman–Crippen MR) is 103 cm³/mol. The van der Waals surface area contributed by atoms with E-state index < -0.39 is 0 Å². The number of thiophene rings is 1. The third kappa shape index (κ3) is 2.93. The highest BCUT2D eigenvalue weighted by atomic mass is 32.1. The van der Waals surface area contributed by atoms with Crippen LogP contribution in [0.1, 0.15) is 16.3 Å². The number of hydrogen-bond acceptors (Lipinski definition) is 8. The van der Waals surface area contributed by atoms with E-state index in [1.807, 2.05) is 19.9 Å². The molecule has 0 aromatic carbocycles. The monoisotopic (exact) mass is 371 g/mol. The quantitative estimate of drug-likeness (QED) is 0.684. The lowest BCUT2D eigenvalue weighted by atomic mass is 10.2. The largest absolute Gasteiger partial charge is 0.338 e. The van der Waals surface area contributed by atoms with Crippen LogP contribution < -0.4 is 16.3 Å². The van der Waals surface area contributed by atoms with E-state index in [0.29, 0.717) is 17.8 Å². The van der Waals surface area contributed by atoms with Crippen molar-refractivity contribution in [1.82, 2.24) is 24.5 Å². The lowest BCUT2D eigenvalue weighted by molar-refractivity contribution is 0.240. The Morgan fingerprint density at radius 1 is 1.15 bits per heavy atom. The number of piperazine rings is 1. The Labute approximate surface area is 154 Å². The van der Waals surface area contributed by atoms with E-state index in [0.717, 1.165) is 47.4 Å². The summed E-state index contributed by atoms with van der Waals surface area (Å²) in [5.74, 6) is 7.41. The molecule has 1 aliphatic rings. The van der Waals surface area contributed by atoms with Crippen molar-refractivity contribution >= 4 is 27.5 Å². The van der Waals surface area contributed by atoms with E-state index in [4.69, 9.17) is 5.84 Å². The van der Waals surface area contributed by atoms with Gasteiger partial charge in [0.15, 0.2) is 0 Å². The van der Waals surface area contributed by atoms with Gasteiger partial charge in [0.05, 0.1) is 11.9 Å². The molecule has 0 saturated carbocycles. The third-order valence-electron chi connectivity index (χ3n) is 4.88. The molecule has 2 N–H and O–H groups in total. The van der Waals surface area contributed by atoms with E-state index >= 15 is 0 Å². The highest BCUT2D eigenvalue weighted by molar-refractivity contribution is 7.18. The normalized spacial score (nSPS) is 15.7. The molecule has 136 valence electrons. The number of hydrogen-bond donors (Lipinski definition) is 1. The zero-order valence-corrected chi connectivity index (χ0v) is 15.7. The summed E-state index contributed by atoms with van der Waals surface area (Å²) in [6.45, 7) is 7.86. The molecule has 3 aromatic heterocycles. The summed E-state index contributed by atoms with van der Waals surface area (Å²) in [5, 5.41) is 0.643. The van der Waals surface area contributed by atoms with Crippen LogP contribution in [0.2, 0.25) is 0 Å². The zero-order valence-electron chi connectivity index (χ0n) is 14.8. The van der Waals surface area contributed by atoms with Crippen LogP contribution in [0.25, 0.3) is 10.2 Å². The summed E-state index contributed by atoms with van der Waals surface area (Å²) in [7, 11) is 0. The molecule has 4 heterocycles. The fraction of sp³-hybridized carbons (Fsp3) is 0.412. The minimum absolute atomic E-state index is 0.164. The zero-order chi connectivity index (χ0) is 18.3. The number of nitrogens with two attached hydrogens (primary N) is 1. The number of aryl methyl sites for hydroxylation is 2. The lowest BCUT2D eigenvalue weighted by Gasteiger charge is -2.34. The number of fused-ring (bicyclic) bond motifs is 1. The van der Waals surface area contributed by atoms with E-state index in [1.165, 1.54) is 4.68 Å². The SMILES string of the molecule is Cc1sc2nc(CN3CCN(c4ncccn4)CC3)n(N)c(=O)c2c1C. The number of nitrogen functional groups attached to an aromatic ring is 1. The van der Waals surface area contributed by atoms with E-state index in [2.05, 4.69) is 24.8 Å². The van der Waals surface area contributed by atoms with Gasteiger partial charge in [0.2, 0.25) is 5.95 Å². The van der Waals surface area contributed by atoms with E-state index in [1.54, 1.807) is 23.7 Å². The Hall–Kier alpha value is -2.52. The van der Waals surface area contributed by atoms with Gasteiger partial charge >= 0.3 is 0 Å². The second kappa shape index (κ2) is 6.65. The molecule has 8 nitrogen and oxygen atoms in total. The number of anilines is 1. The maximum atomic E-state index is 12.6. The van der Waals surface area contributed by atoms with Crippen LogP contribution >= 0.6 is 11.3 Å². The van der Waals surface area contributed by atoms with Gasteiger partial charge in [-0.2, -0.15) is 0 Å². The third-order valence-corrected chi connectivity index (χ3v) is 5.98. The molecule has 0 spiro atoms. The molecule has 0 atom stereocenters. The van der Waals surface area contributed by atoms with Gasteiger partial charge in [0, 0.05) is 43.4 Å². The molecular formula is C17H21N7OS. The van der Waals surface area contributed by atoms with Crippen LogP contribution in [0.3, 0.4) is 0 Å². The summed E-state index contributed by atoms with van der Waals surface area (Å²) in [6, 6.07) is 1.82. The smallest absolute Gasteiger partial charge is 0.280 e. The molecule has 4 rings (SSSR count). The van der Waals surface area contributed by atoms with Gasteiger partial charge in [-0.05, 0) is 25.5 Å². The summed E-state index contributed by atoms with van der Waals surface area (Å²) in [4.78, 5) is 32.2. The summed E-state index contributed by atoms with van der Waals surface area (Å²) in [6.07, 6.45) is 3.51. The van der Waals surface area contributed by atoms with Gasteiger partial charge in [0.1, 0.15) is 10.7 Å². The molecule has 0 unspecified atom stereocenters. The first kappa shape index (κ1) is 16.9. The van der Waals surface area contributed by atoms with Crippen molar-refractivity contribution in [2.45, 2.75) is 20.4 Å². The molecule has 1 fully saturated rings. The van der Waals surface area contributed by atoms with Crippen molar-refractivity contribution in [3.63, 3.8) is 0 Å². The summed E-state index contributed by atoms with van der Waals surface area (Å²) < 4.78 is 1.20. The van der Waals surface area contributed by atoms with Crippen molar-refractivity contribution < 1.29 is 0 Å². The Bertz CT molecular complexity index is 990. The minimum Gasteiger partial charge on any atom is -0.338 e. The summed E-state index contributed by atoms with van der Waals surface area (Å²) in [5.41, 5.74) is 0.813. The van der Waals surface area contributed by atoms with Crippen molar-refractivity contribution in [2.24, 2.45) is 0 Å². The molecule has 3 aromatic rings. The molecular weight excluding hydrogens is 350 g/mol. The number of nitrogens with zero attached hydrogens (tertiary/aromatic N) is 6. The molecule has 0 radical (unpaired) electrons. The second-order valence-electron chi connectivity index (χ2n) is 6.48. The van der Waals surface area contributed by atoms with Gasteiger partial charge in [-0.1, -0.05) is 0 Å². The first-order valence-corrected chi connectivity index (χ1v) is 9.37. The molecule has 1 aliphatic heterocycles. The molecule has 0 aliphatic carbocycles. The maximum absolute atomic E-state index is 12.6. The van der Waals surface area contributed by atoms with Crippen molar-refractivity contribution in [2.75, 3.05) is 36.9 Å². The van der Waals surface area contributed by atoms with E-state index in [9.17, 15) is 4.79 Å². The van der Waals surface area contributed by atoms with E-state index in [-0.39, 0.29) is 5.56 Å². The minimum atomic E-state index is -0.164. The van der Waals surface area contributed by atoms with Gasteiger partial charge in [0.25, 0.3) is 5.56 Å². The van der Waals surface area contributed by atoms with Crippen molar-refractivity contribution in [3.8, 4) is 0 Å². The highest BCUT2D eigenvalue weighted by Gasteiger charge is 2.21. The van der Waals surface area contributed by atoms with Gasteiger partial charge in [-0.25, -0.2) is 19.6 Å². The van der Waals surface area contributed by atoms with Gasteiger partial charge in [-0.3, -0.25) is 9.69 Å². The Morgan fingerprint density at radius 3 is 2.54 bits per heavy atom. The summed E-state index contributed by atoms with van der Waals surface area (Å²) >= 11 is 1.55. The Balaban J connectivity index is 1.52. The van der Waals surface area contributed by atoms with Gasteiger partial charge < -0.3 is 10.7 Å². The van der Waals surface area contributed by atoms with Gasteiger partial charge in [-0.15, -0.1) is 11.3 Å². The first-order chi connectivity index (χ1) is 12.5. The van der Waals surface area contributed by atoms with Crippen molar-refractivity contribution in [3.05, 3.63) is 45.1 Å². The van der Waals surface area contributed by atoms with Crippen molar-refractivity contribution in [1.29, 1.82) is 0 Å². The van der Waals surface area contributed by atoms with Crippen LogP contribution in [0, 0.1) is 13.8 Å². The molecule has 9 heteroatoms. The lowest BCUT2D eigenvalue weighted by Crippen LogP contribution is -2.47. The van der Waals surface area contributed by atoms with Crippen LogP contribution in [0.15, 0.2) is 23.3 Å². The highest BCUT2D eigenvalue weighted by Crippen LogP contribution is 2.26. The topological polar surface area (TPSA) is 93.2 Å². The van der Waals surface area contributed by atoms with Crippen LogP contribution in [0.5, 0.6) is 0 Å². The maximum Gasteiger partial charge on any atom is 0.280 e.